The highest BCUT2D eigenvalue weighted by Crippen LogP contribution is 2.20. The summed E-state index contributed by atoms with van der Waals surface area (Å²) < 4.78 is 1.75. The maximum Gasteiger partial charge on any atom is 0.270 e. The molecule has 3 aromatic rings. The SMILES string of the molecule is O=C(C=Cc1c(Cl)nc2ccccn12)c1cccc([N+](=O)[O-])c1. The number of imidazole rings is 1. The van der Waals surface area contributed by atoms with E-state index >= 15 is 0 Å². The Morgan fingerprint density at radius 3 is 2.87 bits per heavy atom. The molecule has 0 amide bonds. The summed E-state index contributed by atoms with van der Waals surface area (Å²) in [6.07, 6.45) is 4.65. The van der Waals surface area contributed by atoms with Crippen molar-refractivity contribution in [1.29, 1.82) is 0 Å². The van der Waals surface area contributed by atoms with Gasteiger partial charge in [0.25, 0.3) is 5.69 Å². The van der Waals surface area contributed by atoms with Crippen LogP contribution in [0.25, 0.3) is 11.7 Å². The molecule has 0 aliphatic rings. The molecule has 2 heterocycles. The van der Waals surface area contributed by atoms with Gasteiger partial charge in [-0.15, -0.1) is 0 Å². The van der Waals surface area contributed by atoms with Crippen LogP contribution in [0.1, 0.15) is 16.1 Å². The van der Waals surface area contributed by atoms with E-state index in [0.29, 0.717) is 11.3 Å². The molecule has 7 heteroatoms. The predicted molar refractivity (Wildman–Crippen MR) is 86.7 cm³/mol. The molecule has 23 heavy (non-hydrogen) atoms. The minimum atomic E-state index is -0.540. The molecule has 6 nitrogen and oxygen atoms in total. The number of fused-ring (bicyclic) bond motifs is 1. The van der Waals surface area contributed by atoms with Crippen LogP contribution in [0, 0.1) is 10.1 Å². The minimum absolute atomic E-state index is 0.128. The van der Waals surface area contributed by atoms with Gasteiger partial charge in [-0.3, -0.25) is 19.3 Å². The highest BCUT2D eigenvalue weighted by Gasteiger charge is 2.11. The van der Waals surface area contributed by atoms with Crippen LogP contribution >= 0.6 is 11.6 Å². The lowest BCUT2D eigenvalue weighted by molar-refractivity contribution is -0.384. The van der Waals surface area contributed by atoms with Crippen molar-refractivity contribution >= 4 is 34.8 Å². The first-order valence-corrected chi connectivity index (χ1v) is 7.03. The maximum absolute atomic E-state index is 12.2. The van der Waals surface area contributed by atoms with Crippen molar-refractivity contribution in [2.24, 2.45) is 0 Å². The molecule has 2 aromatic heterocycles. The number of hydrogen-bond acceptors (Lipinski definition) is 4. The van der Waals surface area contributed by atoms with Crippen molar-refractivity contribution in [2.45, 2.75) is 0 Å². The van der Waals surface area contributed by atoms with Gasteiger partial charge in [0.05, 0.1) is 10.6 Å². The number of carbonyl (C=O) groups is 1. The number of nitro groups is 1. The van der Waals surface area contributed by atoms with Gasteiger partial charge in [0.1, 0.15) is 5.65 Å². The van der Waals surface area contributed by atoms with Gasteiger partial charge >= 0.3 is 0 Å². The third-order valence-electron chi connectivity index (χ3n) is 3.26. The number of carbonyl (C=O) groups excluding carboxylic acids is 1. The normalized spacial score (nSPS) is 11.2. The van der Waals surface area contributed by atoms with E-state index in [-0.39, 0.29) is 22.2 Å². The van der Waals surface area contributed by atoms with Crippen molar-refractivity contribution in [3.8, 4) is 0 Å². The van der Waals surface area contributed by atoms with Gasteiger partial charge in [0.15, 0.2) is 10.9 Å². The Labute approximate surface area is 135 Å². The average molecular weight is 328 g/mol. The van der Waals surface area contributed by atoms with Crippen LogP contribution in [-0.2, 0) is 0 Å². The summed E-state index contributed by atoms with van der Waals surface area (Å²) in [5.74, 6) is -0.351. The topological polar surface area (TPSA) is 77.5 Å². The van der Waals surface area contributed by atoms with Crippen molar-refractivity contribution in [2.75, 3.05) is 0 Å². The zero-order valence-corrected chi connectivity index (χ0v) is 12.5. The number of allylic oxidation sites excluding steroid dienone is 1. The Bertz CT molecular complexity index is 947. The molecule has 0 saturated carbocycles. The number of benzene rings is 1. The Morgan fingerprint density at radius 2 is 2.09 bits per heavy atom. The average Bonchev–Trinajstić information content (AvgIpc) is 2.88. The fraction of sp³-hybridized carbons (Fsp3) is 0. The molecule has 0 radical (unpaired) electrons. The molecule has 0 aliphatic carbocycles. The van der Waals surface area contributed by atoms with Crippen LogP contribution in [0.5, 0.6) is 0 Å². The second kappa shape index (κ2) is 6.02. The summed E-state index contributed by atoms with van der Waals surface area (Å²) in [5.41, 5.74) is 1.35. The molecule has 0 bridgehead atoms. The molecular weight excluding hydrogens is 318 g/mol. The highest BCUT2D eigenvalue weighted by molar-refractivity contribution is 6.31. The standard InChI is InChI=1S/C16H10ClN3O3/c17-16-13(19-9-2-1-6-15(19)18-16)7-8-14(21)11-4-3-5-12(10-11)20(22)23/h1-10H. The molecule has 1 aromatic carbocycles. The van der Waals surface area contributed by atoms with Crippen LogP contribution in [0.15, 0.2) is 54.7 Å². The summed E-state index contributed by atoms with van der Waals surface area (Å²) in [7, 11) is 0. The summed E-state index contributed by atoms with van der Waals surface area (Å²) in [6, 6.07) is 11.0. The first-order valence-electron chi connectivity index (χ1n) is 6.66. The second-order valence-electron chi connectivity index (χ2n) is 4.72. The molecule has 0 atom stereocenters. The van der Waals surface area contributed by atoms with Crippen LogP contribution in [0.2, 0.25) is 5.15 Å². The number of nitro benzene ring substituents is 1. The Kier molecular flexibility index (Phi) is 3.91. The quantitative estimate of drug-likeness (QED) is 0.316. The minimum Gasteiger partial charge on any atom is -0.299 e. The summed E-state index contributed by atoms with van der Waals surface area (Å²) >= 11 is 6.08. The van der Waals surface area contributed by atoms with E-state index in [9.17, 15) is 14.9 Å². The molecular formula is C16H10ClN3O3. The number of ketones is 1. The van der Waals surface area contributed by atoms with Crippen LogP contribution < -0.4 is 0 Å². The molecule has 0 aliphatic heterocycles. The van der Waals surface area contributed by atoms with Gasteiger partial charge in [-0.1, -0.05) is 29.8 Å². The smallest absolute Gasteiger partial charge is 0.270 e. The van der Waals surface area contributed by atoms with Crippen LogP contribution in [0.4, 0.5) is 5.69 Å². The lowest BCUT2D eigenvalue weighted by Crippen LogP contribution is -1.96. The summed E-state index contributed by atoms with van der Waals surface area (Å²) in [5, 5.41) is 11.0. The van der Waals surface area contributed by atoms with E-state index in [4.69, 9.17) is 11.6 Å². The molecule has 3 rings (SSSR count). The number of nitrogens with zero attached hydrogens (tertiary/aromatic N) is 3. The number of halogens is 1. The lowest BCUT2D eigenvalue weighted by atomic mass is 10.1. The fourth-order valence-electron chi connectivity index (χ4n) is 2.16. The molecule has 0 fully saturated rings. The zero-order chi connectivity index (χ0) is 16.4. The number of aromatic nitrogens is 2. The van der Waals surface area contributed by atoms with Gasteiger partial charge in [0.2, 0.25) is 0 Å². The Morgan fingerprint density at radius 1 is 1.26 bits per heavy atom. The second-order valence-corrected chi connectivity index (χ2v) is 5.08. The van der Waals surface area contributed by atoms with E-state index in [0.717, 1.165) is 0 Å². The number of non-ortho nitro benzene ring substituents is 1. The molecule has 0 N–H and O–H groups in total. The Balaban J connectivity index is 1.93. The van der Waals surface area contributed by atoms with Gasteiger partial charge in [0, 0.05) is 23.9 Å². The fourth-order valence-corrected chi connectivity index (χ4v) is 2.40. The van der Waals surface area contributed by atoms with Crippen molar-refractivity contribution < 1.29 is 9.72 Å². The van der Waals surface area contributed by atoms with E-state index in [1.807, 2.05) is 12.1 Å². The van der Waals surface area contributed by atoms with Gasteiger partial charge in [-0.05, 0) is 24.3 Å². The maximum atomic E-state index is 12.2. The van der Waals surface area contributed by atoms with E-state index in [2.05, 4.69) is 4.98 Å². The van der Waals surface area contributed by atoms with Gasteiger partial charge in [-0.25, -0.2) is 4.98 Å². The van der Waals surface area contributed by atoms with Crippen LogP contribution in [0.3, 0.4) is 0 Å². The molecule has 114 valence electrons. The molecule has 0 unspecified atom stereocenters. The van der Waals surface area contributed by atoms with E-state index < -0.39 is 4.92 Å². The summed E-state index contributed by atoms with van der Waals surface area (Å²) in [4.78, 5) is 26.6. The third-order valence-corrected chi connectivity index (χ3v) is 3.53. The number of hydrogen-bond donors (Lipinski definition) is 0. The highest BCUT2D eigenvalue weighted by atomic mass is 35.5. The first-order chi connectivity index (χ1) is 11.1. The first kappa shape index (κ1) is 14.9. The zero-order valence-electron chi connectivity index (χ0n) is 11.7. The third kappa shape index (κ3) is 2.97. The van der Waals surface area contributed by atoms with Gasteiger partial charge < -0.3 is 0 Å². The van der Waals surface area contributed by atoms with Crippen molar-refractivity contribution in [3.05, 3.63) is 81.3 Å². The van der Waals surface area contributed by atoms with Gasteiger partial charge in [-0.2, -0.15) is 0 Å². The monoisotopic (exact) mass is 327 g/mol. The largest absolute Gasteiger partial charge is 0.299 e. The van der Waals surface area contributed by atoms with Crippen molar-refractivity contribution in [3.63, 3.8) is 0 Å². The number of rotatable bonds is 4. The van der Waals surface area contributed by atoms with E-state index in [1.54, 1.807) is 22.7 Å². The lowest BCUT2D eigenvalue weighted by Gasteiger charge is -1.97. The predicted octanol–water partition coefficient (Wildman–Crippen LogP) is 3.79. The summed E-state index contributed by atoms with van der Waals surface area (Å²) in [6.45, 7) is 0. The molecule has 0 spiro atoms. The molecule has 0 saturated heterocycles. The van der Waals surface area contributed by atoms with Crippen LogP contribution in [-0.4, -0.2) is 20.1 Å². The Hall–Kier alpha value is -2.99. The van der Waals surface area contributed by atoms with E-state index in [1.165, 1.54) is 30.3 Å². The number of pyridine rings is 1. The van der Waals surface area contributed by atoms with Crippen molar-refractivity contribution in [1.82, 2.24) is 9.38 Å².